The second kappa shape index (κ2) is 7.95. The van der Waals surface area contributed by atoms with Crippen molar-refractivity contribution in [2.45, 2.75) is 39.7 Å². The maximum Gasteiger partial charge on any atom is 0.223 e. The summed E-state index contributed by atoms with van der Waals surface area (Å²) < 4.78 is 25.0. The van der Waals surface area contributed by atoms with Crippen molar-refractivity contribution >= 4 is 15.9 Å². The summed E-state index contributed by atoms with van der Waals surface area (Å²) in [6.07, 6.45) is 1.22. The van der Waals surface area contributed by atoms with E-state index in [1.165, 1.54) is 4.31 Å². The van der Waals surface area contributed by atoms with Gasteiger partial charge in [0, 0.05) is 31.6 Å². The number of nitrogens with one attached hydrogen (secondary N) is 2. The number of rotatable bonds is 7. The van der Waals surface area contributed by atoms with E-state index in [9.17, 15) is 13.2 Å². The molecule has 20 heavy (non-hydrogen) atoms. The van der Waals surface area contributed by atoms with E-state index < -0.39 is 10.0 Å². The minimum absolute atomic E-state index is 0.0447. The molecule has 2 N–H and O–H groups in total. The zero-order chi connectivity index (χ0) is 15.2. The number of sulfonamides is 1. The molecule has 7 heteroatoms. The zero-order valence-corrected chi connectivity index (χ0v) is 13.5. The van der Waals surface area contributed by atoms with Crippen LogP contribution in [-0.4, -0.2) is 56.6 Å². The van der Waals surface area contributed by atoms with Gasteiger partial charge in [-0.05, 0) is 33.2 Å². The number of hydrogen-bond acceptors (Lipinski definition) is 4. The number of hydrogen-bond donors (Lipinski definition) is 2. The average Bonchev–Trinajstić information content (AvgIpc) is 2.45. The number of amides is 1. The molecule has 118 valence electrons. The molecule has 0 aliphatic carbocycles. The molecule has 0 saturated carbocycles. The van der Waals surface area contributed by atoms with Crippen LogP contribution >= 0.6 is 0 Å². The van der Waals surface area contributed by atoms with Gasteiger partial charge in [0.05, 0.1) is 5.75 Å². The normalized spacial score (nSPS) is 19.8. The summed E-state index contributed by atoms with van der Waals surface area (Å²) >= 11 is 0. The average molecular weight is 305 g/mol. The molecule has 1 aliphatic heterocycles. The third kappa shape index (κ3) is 5.03. The van der Waals surface area contributed by atoms with Crippen LogP contribution < -0.4 is 10.6 Å². The van der Waals surface area contributed by atoms with E-state index in [4.69, 9.17) is 0 Å². The van der Waals surface area contributed by atoms with Gasteiger partial charge in [0.1, 0.15) is 0 Å². The lowest BCUT2D eigenvalue weighted by Crippen LogP contribution is -2.45. The Morgan fingerprint density at radius 2 is 1.90 bits per heavy atom. The Balaban J connectivity index is 2.36. The summed E-state index contributed by atoms with van der Waals surface area (Å²) in [5, 5.41) is 6.17. The van der Waals surface area contributed by atoms with Crippen molar-refractivity contribution in [2.24, 2.45) is 5.92 Å². The first-order valence-electron chi connectivity index (χ1n) is 7.39. The Morgan fingerprint density at radius 1 is 1.30 bits per heavy atom. The molecule has 0 aromatic carbocycles. The third-order valence-electron chi connectivity index (χ3n) is 3.72. The largest absolute Gasteiger partial charge is 0.354 e. The topological polar surface area (TPSA) is 78.5 Å². The van der Waals surface area contributed by atoms with Crippen LogP contribution in [0, 0.1) is 5.92 Å². The van der Waals surface area contributed by atoms with E-state index in [0.29, 0.717) is 32.5 Å². The van der Waals surface area contributed by atoms with Crippen LogP contribution in [0.5, 0.6) is 0 Å². The van der Waals surface area contributed by atoms with Gasteiger partial charge in [-0.3, -0.25) is 4.79 Å². The summed E-state index contributed by atoms with van der Waals surface area (Å²) in [4.78, 5) is 12.0. The highest BCUT2D eigenvalue weighted by atomic mass is 32.2. The van der Waals surface area contributed by atoms with Crippen LogP contribution in [0.2, 0.25) is 0 Å². The number of likely N-dealkylation sites (N-methyl/N-ethyl adjacent to an activating group) is 1. The molecule has 1 rings (SSSR count). The van der Waals surface area contributed by atoms with E-state index in [2.05, 4.69) is 10.6 Å². The quantitative estimate of drug-likeness (QED) is 0.702. The molecule has 0 aromatic rings. The molecule has 1 aliphatic rings. The molecular weight excluding hydrogens is 278 g/mol. The second-order valence-corrected chi connectivity index (χ2v) is 7.54. The summed E-state index contributed by atoms with van der Waals surface area (Å²) in [6, 6.07) is 0.254. The molecule has 6 nitrogen and oxygen atoms in total. The van der Waals surface area contributed by atoms with Gasteiger partial charge in [-0.1, -0.05) is 6.92 Å². The van der Waals surface area contributed by atoms with Crippen molar-refractivity contribution in [1.82, 2.24) is 14.9 Å². The molecule has 0 radical (unpaired) electrons. The predicted octanol–water partition coefficient (Wildman–Crippen LogP) is 0.162. The van der Waals surface area contributed by atoms with Crippen LogP contribution in [0.4, 0.5) is 0 Å². The number of nitrogens with zero attached hydrogens (tertiary/aromatic N) is 1. The van der Waals surface area contributed by atoms with Crippen LogP contribution in [0.15, 0.2) is 0 Å². The van der Waals surface area contributed by atoms with Crippen molar-refractivity contribution < 1.29 is 13.2 Å². The molecule has 1 heterocycles. The van der Waals surface area contributed by atoms with Gasteiger partial charge in [-0.2, -0.15) is 0 Å². The van der Waals surface area contributed by atoms with Crippen LogP contribution in [0.25, 0.3) is 0 Å². The minimum atomic E-state index is -3.11. The van der Waals surface area contributed by atoms with E-state index in [1.54, 1.807) is 6.92 Å². The first-order chi connectivity index (χ1) is 9.40. The highest BCUT2D eigenvalue weighted by molar-refractivity contribution is 7.89. The summed E-state index contributed by atoms with van der Waals surface area (Å²) in [5.41, 5.74) is 0. The van der Waals surface area contributed by atoms with Crippen LogP contribution in [0.3, 0.4) is 0 Å². The molecule has 1 fully saturated rings. The molecule has 1 amide bonds. The van der Waals surface area contributed by atoms with E-state index in [1.807, 2.05) is 13.8 Å². The Kier molecular flexibility index (Phi) is 6.91. The Labute approximate surface area is 122 Å². The molecule has 1 saturated heterocycles. The lowest BCUT2D eigenvalue weighted by atomic mass is 9.97. The fraction of sp³-hybridized carbons (Fsp3) is 0.923. The Bertz CT molecular complexity index is 403. The highest BCUT2D eigenvalue weighted by Gasteiger charge is 2.29. The molecule has 0 aromatic heterocycles. The van der Waals surface area contributed by atoms with Crippen molar-refractivity contribution in [3.05, 3.63) is 0 Å². The maximum absolute atomic E-state index is 12.0. The molecule has 0 bridgehead atoms. The fourth-order valence-electron chi connectivity index (χ4n) is 2.40. The van der Waals surface area contributed by atoms with Gasteiger partial charge >= 0.3 is 0 Å². The lowest BCUT2D eigenvalue weighted by Gasteiger charge is -2.30. The predicted molar refractivity (Wildman–Crippen MR) is 79.9 cm³/mol. The fourth-order valence-corrected chi connectivity index (χ4v) is 3.53. The first kappa shape index (κ1) is 17.4. The number of carbonyl (C=O) groups excluding carboxylic acids is 1. The van der Waals surface area contributed by atoms with Crippen molar-refractivity contribution in [2.75, 3.05) is 31.9 Å². The van der Waals surface area contributed by atoms with E-state index in [0.717, 1.165) is 6.54 Å². The van der Waals surface area contributed by atoms with E-state index >= 15 is 0 Å². The Morgan fingerprint density at radius 3 is 2.40 bits per heavy atom. The van der Waals surface area contributed by atoms with Gasteiger partial charge in [-0.25, -0.2) is 12.7 Å². The van der Waals surface area contributed by atoms with Crippen molar-refractivity contribution in [3.63, 3.8) is 0 Å². The molecular formula is C13H27N3O3S. The van der Waals surface area contributed by atoms with Gasteiger partial charge in [0.15, 0.2) is 0 Å². The number of piperidine rings is 1. The van der Waals surface area contributed by atoms with Gasteiger partial charge < -0.3 is 10.6 Å². The van der Waals surface area contributed by atoms with Crippen LogP contribution in [0.1, 0.15) is 33.6 Å². The van der Waals surface area contributed by atoms with Gasteiger partial charge in [-0.15, -0.1) is 0 Å². The Hall–Kier alpha value is -0.660. The minimum Gasteiger partial charge on any atom is -0.354 e. The number of carbonyl (C=O) groups is 1. The SMILES string of the molecule is CCN[C@H](C)CNC(=O)C1CCN(S(=O)(=O)CC)CC1. The monoisotopic (exact) mass is 305 g/mol. The molecule has 0 unspecified atom stereocenters. The molecule has 1 atom stereocenters. The zero-order valence-electron chi connectivity index (χ0n) is 12.7. The summed E-state index contributed by atoms with van der Waals surface area (Å²) in [5.74, 6) is 0.111. The first-order valence-corrected chi connectivity index (χ1v) is 9.00. The summed E-state index contributed by atoms with van der Waals surface area (Å²) in [7, 11) is -3.11. The van der Waals surface area contributed by atoms with Crippen LogP contribution in [-0.2, 0) is 14.8 Å². The van der Waals surface area contributed by atoms with Gasteiger partial charge in [0.25, 0.3) is 0 Å². The standard InChI is InChI=1S/C13H27N3O3S/c1-4-14-11(3)10-15-13(17)12-6-8-16(9-7-12)20(18,19)5-2/h11-12,14H,4-10H2,1-3H3,(H,15,17)/t11-/m1/s1. The van der Waals surface area contributed by atoms with E-state index in [-0.39, 0.29) is 23.6 Å². The summed E-state index contributed by atoms with van der Waals surface area (Å²) in [6.45, 7) is 8.11. The highest BCUT2D eigenvalue weighted by Crippen LogP contribution is 2.19. The molecule has 0 spiro atoms. The smallest absolute Gasteiger partial charge is 0.223 e. The lowest BCUT2D eigenvalue weighted by molar-refractivity contribution is -0.126. The third-order valence-corrected chi connectivity index (χ3v) is 5.60. The maximum atomic E-state index is 12.0. The van der Waals surface area contributed by atoms with Gasteiger partial charge in [0.2, 0.25) is 15.9 Å². The van der Waals surface area contributed by atoms with Crippen molar-refractivity contribution in [3.8, 4) is 0 Å². The van der Waals surface area contributed by atoms with Crippen molar-refractivity contribution in [1.29, 1.82) is 0 Å². The second-order valence-electron chi connectivity index (χ2n) is 5.28.